The Kier molecular flexibility index (Phi) is 6.90. The average Bonchev–Trinajstić information content (AvgIpc) is 2.79. The van der Waals surface area contributed by atoms with Gasteiger partial charge >= 0.3 is 208 Å². The van der Waals surface area contributed by atoms with Crippen molar-refractivity contribution in [2.45, 2.75) is 33.9 Å². The summed E-state index contributed by atoms with van der Waals surface area (Å²) in [7, 11) is -4.98. The topological polar surface area (TPSA) is 66.8 Å². The summed E-state index contributed by atoms with van der Waals surface area (Å²) < 4.78 is 19.3. The minimum absolute atomic E-state index is 0.313. The molecule has 0 saturated carbocycles. The van der Waals surface area contributed by atoms with Crippen LogP contribution in [0, 0.1) is 27.7 Å². The Morgan fingerprint density at radius 1 is 0.629 bits per heavy atom. The molecule has 4 rings (SSSR count). The molecule has 0 saturated heterocycles. The van der Waals surface area contributed by atoms with Gasteiger partial charge in [-0.2, -0.15) is 0 Å². The molecule has 0 bridgehead atoms. The third-order valence-electron chi connectivity index (χ3n) is 6.53. The molecule has 0 spiro atoms. The van der Waals surface area contributed by atoms with Gasteiger partial charge in [-0.05, 0) is 0 Å². The Balaban J connectivity index is 2.27. The van der Waals surface area contributed by atoms with Crippen molar-refractivity contribution in [2.24, 2.45) is 0 Å². The molecule has 0 aliphatic rings. The summed E-state index contributed by atoms with van der Waals surface area (Å²) in [4.78, 5) is 21.1. The van der Waals surface area contributed by atoms with Gasteiger partial charge in [-0.25, -0.2) is 0 Å². The summed E-state index contributed by atoms with van der Waals surface area (Å²) in [6, 6.07) is 31.8. The molecule has 0 heterocycles. The first-order chi connectivity index (χ1) is 16.5. The van der Waals surface area contributed by atoms with Crippen LogP contribution in [-0.2, 0) is 15.0 Å². The molecule has 0 atom stereocenters. The van der Waals surface area contributed by atoms with E-state index in [0.717, 1.165) is 43.7 Å². The Bertz CT molecular complexity index is 1290. The predicted molar refractivity (Wildman–Crippen MR) is 147 cm³/mol. The summed E-state index contributed by atoms with van der Waals surface area (Å²) in [6.45, 7) is 3.74. The van der Waals surface area contributed by atoms with Crippen molar-refractivity contribution < 1.29 is 18.7 Å². The van der Waals surface area contributed by atoms with Crippen LogP contribution < -0.4 is 15.9 Å². The van der Waals surface area contributed by atoms with E-state index in [9.17, 15) is 14.4 Å². The van der Waals surface area contributed by atoms with E-state index in [1.165, 1.54) is 0 Å². The third kappa shape index (κ3) is 4.91. The summed E-state index contributed by atoms with van der Waals surface area (Å²) in [5, 5.41) is 2.36. The molecule has 0 aromatic heterocycles. The number of rotatable bonds is 7. The van der Waals surface area contributed by atoms with Crippen LogP contribution in [-0.4, -0.2) is 9.79 Å². The van der Waals surface area contributed by atoms with E-state index >= 15 is 0 Å². The van der Waals surface area contributed by atoms with Crippen LogP contribution in [0.1, 0.15) is 27.8 Å². The quantitative estimate of drug-likeness (QED) is 0.303. The van der Waals surface area contributed by atoms with Gasteiger partial charge < -0.3 is 0 Å². The molecule has 0 aliphatic heterocycles. The van der Waals surface area contributed by atoms with Crippen molar-refractivity contribution in [3.05, 3.63) is 125 Å². The molecule has 35 heavy (non-hydrogen) atoms. The SMILES string of the molecule is Cc1ccc(CP(OP(=O)(O)O)(c2cccc(C)c2)(c2cccc(C)c2)c2cccc(C)c2)cc1. The number of benzene rings is 4. The first kappa shape index (κ1) is 25.5. The molecule has 0 fully saturated rings. The number of hydrogen-bond donors (Lipinski definition) is 2. The molecule has 0 aliphatic carbocycles. The van der Waals surface area contributed by atoms with Crippen molar-refractivity contribution in [3.63, 3.8) is 0 Å². The molecule has 2 N–H and O–H groups in total. The Labute approximate surface area is 207 Å². The summed E-state index contributed by atoms with van der Waals surface area (Å²) >= 11 is 0. The van der Waals surface area contributed by atoms with Crippen LogP contribution in [0.25, 0.3) is 0 Å². The second-order valence-corrected chi connectivity index (χ2v) is 15.4. The number of aryl methyl sites for hydroxylation is 4. The zero-order chi connectivity index (χ0) is 25.3. The van der Waals surface area contributed by atoms with Gasteiger partial charge in [0.25, 0.3) is 0 Å². The van der Waals surface area contributed by atoms with E-state index in [1.54, 1.807) is 0 Å². The Hall–Kier alpha value is -2.58. The maximum absolute atomic E-state index is 13.0. The molecule has 4 aromatic rings. The van der Waals surface area contributed by atoms with Crippen LogP contribution in [0.15, 0.2) is 97.1 Å². The predicted octanol–water partition coefficient (Wildman–Crippen LogP) is 5.97. The second kappa shape index (κ2) is 9.47. The first-order valence-corrected chi connectivity index (χ1v) is 15.4. The number of hydrogen-bond acceptors (Lipinski definition) is 2. The molecular weight excluding hydrogens is 474 g/mol. The van der Waals surface area contributed by atoms with Crippen LogP contribution in [0.5, 0.6) is 0 Å². The molecule has 4 nitrogen and oxygen atoms in total. The van der Waals surface area contributed by atoms with Crippen molar-refractivity contribution in [1.82, 2.24) is 0 Å². The fourth-order valence-electron chi connectivity index (χ4n) is 4.93. The minimum atomic E-state index is -4.98. The monoisotopic (exact) mass is 506 g/mol. The molecule has 182 valence electrons. The zero-order valence-corrected chi connectivity index (χ0v) is 22.3. The van der Waals surface area contributed by atoms with E-state index in [0.29, 0.717) is 6.16 Å². The van der Waals surface area contributed by atoms with Gasteiger partial charge in [-0.3, -0.25) is 0 Å². The Morgan fingerprint density at radius 3 is 1.37 bits per heavy atom. The van der Waals surface area contributed by atoms with E-state index in [1.807, 2.05) is 125 Å². The van der Waals surface area contributed by atoms with E-state index in [2.05, 4.69) is 0 Å². The van der Waals surface area contributed by atoms with Crippen LogP contribution in [0.4, 0.5) is 0 Å². The standard InChI is InChI=1S/C29H32O4P2/c1-22-14-16-26(17-15-22)21-35(33-34(30,31)32,27-11-5-8-23(2)18-27,28-12-6-9-24(3)19-28)29-13-7-10-25(4)20-29/h5-20H,21H2,1-4H3,(H2,30,31,32). The van der Waals surface area contributed by atoms with Gasteiger partial charge in [-0.15, -0.1) is 0 Å². The van der Waals surface area contributed by atoms with E-state index < -0.39 is 14.7 Å². The van der Waals surface area contributed by atoms with Crippen LogP contribution >= 0.6 is 14.7 Å². The summed E-state index contributed by atoms with van der Waals surface area (Å²) in [6.07, 6.45) is 0.313. The second-order valence-electron chi connectivity index (χ2n) is 9.45. The van der Waals surface area contributed by atoms with Gasteiger partial charge in [0.1, 0.15) is 0 Å². The number of phosphoric acid groups is 1. The summed E-state index contributed by atoms with van der Waals surface area (Å²) in [5.74, 6) is 0. The first-order valence-electron chi connectivity index (χ1n) is 11.6. The van der Waals surface area contributed by atoms with E-state index in [-0.39, 0.29) is 0 Å². The van der Waals surface area contributed by atoms with E-state index in [4.69, 9.17) is 4.31 Å². The summed E-state index contributed by atoms with van der Waals surface area (Å²) in [5.41, 5.74) is 5.05. The molecule has 0 amide bonds. The zero-order valence-electron chi connectivity index (χ0n) is 20.6. The van der Waals surface area contributed by atoms with Crippen molar-refractivity contribution in [1.29, 1.82) is 0 Å². The van der Waals surface area contributed by atoms with Gasteiger partial charge in [0.05, 0.1) is 0 Å². The van der Waals surface area contributed by atoms with Gasteiger partial charge in [-0.1, -0.05) is 0 Å². The van der Waals surface area contributed by atoms with Crippen molar-refractivity contribution in [3.8, 4) is 0 Å². The van der Waals surface area contributed by atoms with Gasteiger partial charge in [0.2, 0.25) is 0 Å². The maximum atomic E-state index is 13.0. The molecule has 0 unspecified atom stereocenters. The van der Waals surface area contributed by atoms with Crippen LogP contribution in [0.3, 0.4) is 0 Å². The molecule has 0 radical (unpaired) electrons. The normalized spacial score (nSPS) is 13.3. The van der Waals surface area contributed by atoms with Crippen LogP contribution in [0.2, 0.25) is 0 Å². The molecular formula is C29H32O4P2. The van der Waals surface area contributed by atoms with Gasteiger partial charge in [0, 0.05) is 0 Å². The van der Waals surface area contributed by atoms with Crippen molar-refractivity contribution >= 4 is 30.6 Å². The molecule has 6 heteroatoms. The van der Waals surface area contributed by atoms with Gasteiger partial charge in [0.15, 0.2) is 0 Å². The average molecular weight is 507 g/mol. The Morgan fingerprint density at radius 2 is 1.03 bits per heavy atom. The third-order valence-corrected chi connectivity index (χ3v) is 13.9. The molecule has 4 aromatic carbocycles. The van der Waals surface area contributed by atoms with Crippen molar-refractivity contribution in [2.75, 3.05) is 0 Å². The fourth-order valence-corrected chi connectivity index (χ4v) is 13.2. The fraction of sp³-hybridized carbons (Fsp3) is 0.172.